The Labute approximate surface area is 120 Å². The molecule has 0 saturated carbocycles. The average molecular weight is 337 g/mol. The molecule has 2 heterocycles. The van der Waals surface area contributed by atoms with Crippen molar-refractivity contribution in [1.29, 1.82) is 0 Å². The van der Waals surface area contributed by atoms with E-state index in [-0.39, 0.29) is 5.69 Å². The highest BCUT2D eigenvalue weighted by Crippen LogP contribution is 2.26. The maximum absolute atomic E-state index is 12.2. The molecule has 0 spiro atoms. The van der Waals surface area contributed by atoms with Crippen LogP contribution in [0.2, 0.25) is 0 Å². The molecule has 0 atom stereocenters. The van der Waals surface area contributed by atoms with Crippen LogP contribution in [0.15, 0.2) is 32.3 Å². The Bertz CT molecular complexity index is 811. The van der Waals surface area contributed by atoms with Crippen LogP contribution in [0.25, 0.3) is 0 Å². The smallest absolute Gasteiger partial charge is 0.328 e. The molecule has 0 fully saturated rings. The van der Waals surface area contributed by atoms with Gasteiger partial charge in [-0.1, -0.05) is 22.0 Å². The van der Waals surface area contributed by atoms with Crippen LogP contribution >= 0.6 is 15.9 Å². The zero-order valence-electron chi connectivity index (χ0n) is 10.1. The molecule has 1 aliphatic rings. The second-order valence-electron chi connectivity index (χ2n) is 4.43. The summed E-state index contributed by atoms with van der Waals surface area (Å²) in [6, 6.07) is 5.77. The first kappa shape index (κ1) is 12.8. The van der Waals surface area contributed by atoms with Crippen LogP contribution in [0.1, 0.15) is 21.6 Å². The summed E-state index contributed by atoms with van der Waals surface area (Å²) in [5, 5.41) is 5.58. The zero-order valence-corrected chi connectivity index (χ0v) is 11.7. The van der Waals surface area contributed by atoms with E-state index in [2.05, 4.69) is 26.1 Å². The molecule has 1 aromatic heterocycles. The molecule has 0 saturated heterocycles. The lowest BCUT2D eigenvalue weighted by atomic mass is 10.1. The fourth-order valence-corrected chi connectivity index (χ4v) is 2.56. The highest BCUT2D eigenvalue weighted by atomic mass is 79.9. The third-order valence-electron chi connectivity index (χ3n) is 3.09. The van der Waals surface area contributed by atoms with Crippen LogP contribution in [0.4, 0.5) is 0 Å². The van der Waals surface area contributed by atoms with Crippen molar-refractivity contribution in [2.75, 3.05) is 0 Å². The number of amides is 1. The Morgan fingerprint density at radius 2 is 2.00 bits per heavy atom. The topological polar surface area (TPSA) is 98.9 Å². The molecule has 7 nitrogen and oxygen atoms in total. The van der Waals surface area contributed by atoms with Gasteiger partial charge in [-0.25, -0.2) is 9.89 Å². The second kappa shape index (κ2) is 4.71. The van der Waals surface area contributed by atoms with Crippen LogP contribution in [0.3, 0.4) is 0 Å². The van der Waals surface area contributed by atoms with E-state index < -0.39 is 17.2 Å². The standard InChI is InChI=1S/C12H9BrN4O3/c13-8-2-1-6-4-17(5-7(6)3-8)11(19)9-10(18)14-12(20)16-15-9/h1-3H,4-5H2,(H2,14,16,18,20). The molecule has 2 N–H and O–H groups in total. The van der Waals surface area contributed by atoms with Crippen molar-refractivity contribution in [3.8, 4) is 0 Å². The molecule has 8 heteroatoms. The summed E-state index contributed by atoms with van der Waals surface area (Å²) >= 11 is 3.38. The summed E-state index contributed by atoms with van der Waals surface area (Å²) in [6.45, 7) is 0.829. The van der Waals surface area contributed by atoms with E-state index in [0.717, 1.165) is 15.6 Å². The molecule has 20 heavy (non-hydrogen) atoms. The number of aromatic amines is 2. The number of halogens is 1. The number of carbonyl (C=O) groups is 1. The Kier molecular flexibility index (Phi) is 3.01. The minimum absolute atomic E-state index is 0.309. The van der Waals surface area contributed by atoms with Gasteiger partial charge in [-0.3, -0.25) is 14.6 Å². The number of fused-ring (bicyclic) bond motifs is 1. The SMILES string of the molecule is O=C(c1n[nH]c(=O)[nH]c1=O)N1Cc2ccc(Br)cc2C1. The Balaban J connectivity index is 1.91. The first-order valence-electron chi connectivity index (χ1n) is 5.80. The molecule has 102 valence electrons. The number of hydrogen-bond donors (Lipinski definition) is 2. The molecule has 2 aromatic rings. The van der Waals surface area contributed by atoms with Gasteiger partial charge < -0.3 is 4.90 Å². The average Bonchev–Trinajstić information content (AvgIpc) is 2.81. The van der Waals surface area contributed by atoms with Gasteiger partial charge in [0.1, 0.15) is 0 Å². The van der Waals surface area contributed by atoms with Crippen LogP contribution < -0.4 is 11.2 Å². The van der Waals surface area contributed by atoms with E-state index in [1.165, 1.54) is 4.90 Å². The molecule has 0 radical (unpaired) electrons. The number of benzene rings is 1. The molecule has 1 amide bonds. The molecule has 0 aliphatic carbocycles. The fourth-order valence-electron chi connectivity index (χ4n) is 2.15. The van der Waals surface area contributed by atoms with Gasteiger partial charge in [0.2, 0.25) is 5.69 Å². The van der Waals surface area contributed by atoms with E-state index in [1.807, 2.05) is 23.2 Å². The van der Waals surface area contributed by atoms with Crippen molar-refractivity contribution in [2.24, 2.45) is 0 Å². The number of nitrogens with one attached hydrogen (secondary N) is 2. The molecular weight excluding hydrogens is 328 g/mol. The lowest BCUT2D eigenvalue weighted by molar-refractivity contribution is 0.0742. The molecule has 1 aromatic carbocycles. The third kappa shape index (κ3) is 2.18. The minimum atomic E-state index is -0.782. The van der Waals surface area contributed by atoms with Gasteiger partial charge in [0.15, 0.2) is 0 Å². The summed E-state index contributed by atoms with van der Waals surface area (Å²) in [5.41, 5.74) is 0.225. The predicted molar refractivity (Wildman–Crippen MR) is 73.2 cm³/mol. The van der Waals surface area contributed by atoms with Crippen molar-refractivity contribution in [3.63, 3.8) is 0 Å². The van der Waals surface area contributed by atoms with E-state index in [0.29, 0.717) is 13.1 Å². The second-order valence-corrected chi connectivity index (χ2v) is 5.35. The monoisotopic (exact) mass is 336 g/mol. The van der Waals surface area contributed by atoms with Gasteiger partial charge in [0, 0.05) is 17.6 Å². The first-order chi connectivity index (χ1) is 9.54. The van der Waals surface area contributed by atoms with Crippen LogP contribution in [0.5, 0.6) is 0 Å². The van der Waals surface area contributed by atoms with E-state index in [1.54, 1.807) is 0 Å². The Hall–Kier alpha value is -2.22. The summed E-state index contributed by atoms with van der Waals surface area (Å²) in [7, 11) is 0. The minimum Gasteiger partial charge on any atom is -0.328 e. The van der Waals surface area contributed by atoms with Gasteiger partial charge in [0.25, 0.3) is 11.5 Å². The van der Waals surface area contributed by atoms with Crippen molar-refractivity contribution in [3.05, 3.63) is 60.3 Å². The number of H-pyrrole nitrogens is 2. The quantitative estimate of drug-likeness (QED) is 0.786. The molecule has 0 bridgehead atoms. The van der Waals surface area contributed by atoms with Gasteiger partial charge >= 0.3 is 5.69 Å². The Morgan fingerprint density at radius 1 is 1.25 bits per heavy atom. The summed E-state index contributed by atoms with van der Waals surface area (Å²) in [6.07, 6.45) is 0. The van der Waals surface area contributed by atoms with E-state index >= 15 is 0 Å². The number of nitrogens with zero attached hydrogens (tertiary/aromatic N) is 2. The predicted octanol–water partition coefficient (Wildman–Crippen LogP) is 0.377. The number of carbonyl (C=O) groups excluding carboxylic acids is 1. The van der Waals surface area contributed by atoms with Crippen molar-refractivity contribution in [1.82, 2.24) is 20.1 Å². The number of aromatic nitrogens is 3. The maximum atomic E-state index is 12.2. The highest BCUT2D eigenvalue weighted by Gasteiger charge is 2.27. The summed E-state index contributed by atoms with van der Waals surface area (Å²) in [4.78, 5) is 38.2. The highest BCUT2D eigenvalue weighted by molar-refractivity contribution is 9.10. The molecular formula is C12H9BrN4O3. The fraction of sp³-hybridized carbons (Fsp3) is 0.167. The van der Waals surface area contributed by atoms with Gasteiger partial charge in [-0.05, 0) is 23.3 Å². The van der Waals surface area contributed by atoms with Crippen molar-refractivity contribution in [2.45, 2.75) is 13.1 Å². The Morgan fingerprint density at radius 3 is 2.75 bits per heavy atom. The van der Waals surface area contributed by atoms with Gasteiger partial charge in [0.05, 0.1) is 0 Å². The van der Waals surface area contributed by atoms with E-state index in [4.69, 9.17) is 0 Å². The number of rotatable bonds is 1. The largest absolute Gasteiger partial charge is 0.342 e. The molecule has 3 rings (SSSR count). The van der Waals surface area contributed by atoms with Crippen molar-refractivity contribution >= 4 is 21.8 Å². The zero-order chi connectivity index (χ0) is 14.3. The first-order valence-corrected chi connectivity index (χ1v) is 6.59. The van der Waals surface area contributed by atoms with Crippen LogP contribution in [0, 0.1) is 0 Å². The normalized spacial score (nSPS) is 13.3. The van der Waals surface area contributed by atoms with Gasteiger partial charge in [-0.2, -0.15) is 5.10 Å². The summed E-state index contributed by atoms with van der Waals surface area (Å²) in [5.74, 6) is -0.505. The van der Waals surface area contributed by atoms with Crippen molar-refractivity contribution < 1.29 is 4.79 Å². The number of hydrogen-bond acceptors (Lipinski definition) is 4. The van der Waals surface area contributed by atoms with Gasteiger partial charge in [-0.15, -0.1) is 0 Å². The van der Waals surface area contributed by atoms with Crippen LogP contribution in [-0.2, 0) is 13.1 Å². The molecule has 0 unspecified atom stereocenters. The third-order valence-corrected chi connectivity index (χ3v) is 3.59. The molecule has 1 aliphatic heterocycles. The maximum Gasteiger partial charge on any atom is 0.342 e. The lowest BCUT2D eigenvalue weighted by Gasteiger charge is -2.13. The lowest BCUT2D eigenvalue weighted by Crippen LogP contribution is -2.36. The summed E-state index contributed by atoms with van der Waals surface area (Å²) < 4.78 is 0.936. The van der Waals surface area contributed by atoms with E-state index in [9.17, 15) is 14.4 Å². The van der Waals surface area contributed by atoms with Crippen LogP contribution in [-0.4, -0.2) is 26.0 Å².